The van der Waals surface area contributed by atoms with Crippen LogP contribution in [0.2, 0.25) is 0 Å². The Bertz CT molecular complexity index is 443. The summed E-state index contributed by atoms with van der Waals surface area (Å²) in [6, 6.07) is 1.92. The summed E-state index contributed by atoms with van der Waals surface area (Å²) in [5.74, 6) is 5.31. The molecule has 0 aliphatic carbocycles. The fourth-order valence-electron chi connectivity index (χ4n) is 2.59. The zero-order valence-corrected chi connectivity index (χ0v) is 11.9. The van der Waals surface area contributed by atoms with Gasteiger partial charge in [0.25, 0.3) is 5.91 Å². The summed E-state index contributed by atoms with van der Waals surface area (Å²) in [6.07, 6.45) is 6.34. The Kier molecular flexibility index (Phi) is 5.31. The van der Waals surface area contributed by atoms with Crippen molar-refractivity contribution in [3.05, 3.63) is 24.0 Å². The normalized spacial score (nSPS) is 16.9. The lowest BCUT2D eigenvalue weighted by atomic mass is 10.0. The number of pyridine rings is 1. The average Bonchev–Trinajstić information content (AvgIpc) is 2.49. The number of rotatable bonds is 5. The van der Waals surface area contributed by atoms with Crippen LogP contribution in [0.25, 0.3) is 0 Å². The third-order valence-electron chi connectivity index (χ3n) is 3.68. The quantitative estimate of drug-likeness (QED) is 0.552. The number of hydrazine groups is 1. The van der Waals surface area contributed by atoms with Gasteiger partial charge >= 0.3 is 0 Å². The van der Waals surface area contributed by atoms with Crippen LogP contribution in [-0.4, -0.2) is 41.5 Å². The first-order valence-electron chi connectivity index (χ1n) is 7.18. The second-order valence-electron chi connectivity index (χ2n) is 5.15. The predicted octanol–water partition coefficient (Wildman–Crippen LogP) is 0.971. The second-order valence-corrected chi connectivity index (χ2v) is 5.15. The van der Waals surface area contributed by atoms with Gasteiger partial charge in [-0.15, -0.1) is 0 Å². The van der Waals surface area contributed by atoms with Crippen molar-refractivity contribution in [2.75, 3.05) is 25.1 Å². The van der Waals surface area contributed by atoms with E-state index in [0.29, 0.717) is 11.3 Å². The summed E-state index contributed by atoms with van der Waals surface area (Å²) < 4.78 is 0. The third kappa shape index (κ3) is 3.68. The number of carbonyl (C=O) groups is 1. The molecule has 0 bridgehead atoms. The molecule has 6 heteroatoms. The topological polar surface area (TPSA) is 83.3 Å². The molecule has 1 aromatic rings. The molecular formula is C14H23N5O. The third-order valence-corrected chi connectivity index (χ3v) is 3.68. The van der Waals surface area contributed by atoms with Crippen molar-refractivity contribution < 1.29 is 4.79 Å². The minimum atomic E-state index is -0.0886. The van der Waals surface area contributed by atoms with Crippen molar-refractivity contribution in [1.29, 1.82) is 0 Å². The zero-order valence-electron chi connectivity index (χ0n) is 11.9. The molecule has 0 aromatic carbocycles. The molecular weight excluding hydrogens is 254 g/mol. The maximum Gasteiger partial charge on any atom is 0.253 e. The highest BCUT2D eigenvalue weighted by atomic mass is 16.1. The summed E-state index contributed by atoms with van der Waals surface area (Å²) >= 11 is 0. The van der Waals surface area contributed by atoms with Gasteiger partial charge in [0.2, 0.25) is 0 Å². The van der Waals surface area contributed by atoms with Gasteiger partial charge in [0.15, 0.2) is 0 Å². The van der Waals surface area contributed by atoms with Crippen LogP contribution >= 0.6 is 0 Å². The highest BCUT2D eigenvalue weighted by Gasteiger charge is 2.21. The monoisotopic (exact) mass is 277 g/mol. The van der Waals surface area contributed by atoms with Crippen LogP contribution in [-0.2, 0) is 0 Å². The largest absolute Gasteiger partial charge is 0.349 e. The van der Waals surface area contributed by atoms with Gasteiger partial charge in [-0.3, -0.25) is 15.6 Å². The van der Waals surface area contributed by atoms with Crippen molar-refractivity contribution in [2.45, 2.75) is 32.2 Å². The Hall–Kier alpha value is -1.66. The number of nitrogen functional groups attached to an aromatic ring is 1. The fourth-order valence-corrected chi connectivity index (χ4v) is 2.59. The Balaban J connectivity index is 1.89. The second kappa shape index (κ2) is 7.21. The minimum Gasteiger partial charge on any atom is -0.349 e. The molecule has 1 aromatic heterocycles. The van der Waals surface area contributed by atoms with E-state index in [4.69, 9.17) is 5.84 Å². The van der Waals surface area contributed by atoms with Gasteiger partial charge in [0.05, 0.1) is 17.4 Å². The molecule has 1 saturated heterocycles. The molecule has 1 aliphatic heterocycles. The number of anilines is 1. The molecule has 1 amide bonds. The molecule has 110 valence electrons. The van der Waals surface area contributed by atoms with E-state index >= 15 is 0 Å². The summed E-state index contributed by atoms with van der Waals surface area (Å²) in [4.78, 5) is 18.6. The van der Waals surface area contributed by atoms with Crippen LogP contribution in [0.4, 0.5) is 5.69 Å². The standard InChI is InChI=1S/C14H23N5O/c1-2-7-19-8-4-11(5-9-19)17-14(20)12-3-6-16-10-13(12)18-15/h3,6,10-11,18H,2,4-5,7-9,15H2,1H3,(H,17,20). The number of likely N-dealkylation sites (tertiary alicyclic amines) is 1. The SMILES string of the molecule is CCCN1CCC(NC(=O)c2ccncc2NN)CC1. The first-order valence-corrected chi connectivity index (χ1v) is 7.18. The van der Waals surface area contributed by atoms with E-state index in [9.17, 15) is 4.79 Å². The lowest BCUT2D eigenvalue weighted by Crippen LogP contribution is -2.44. The Morgan fingerprint density at radius 1 is 1.50 bits per heavy atom. The zero-order chi connectivity index (χ0) is 14.4. The molecule has 6 nitrogen and oxygen atoms in total. The molecule has 0 saturated carbocycles. The fraction of sp³-hybridized carbons (Fsp3) is 0.571. The van der Waals surface area contributed by atoms with Gasteiger partial charge in [-0.25, -0.2) is 0 Å². The molecule has 1 aliphatic rings. The van der Waals surface area contributed by atoms with Crippen LogP contribution in [0.5, 0.6) is 0 Å². The number of amides is 1. The molecule has 0 unspecified atom stereocenters. The molecule has 0 radical (unpaired) electrons. The number of piperidine rings is 1. The van der Waals surface area contributed by atoms with Crippen LogP contribution in [0, 0.1) is 0 Å². The Morgan fingerprint density at radius 2 is 2.25 bits per heavy atom. The molecule has 2 rings (SSSR count). The first-order chi connectivity index (χ1) is 9.74. The number of carbonyl (C=O) groups excluding carboxylic acids is 1. The number of nitrogens with one attached hydrogen (secondary N) is 2. The summed E-state index contributed by atoms with van der Waals surface area (Å²) in [5.41, 5.74) is 3.60. The molecule has 4 N–H and O–H groups in total. The summed E-state index contributed by atoms with van der Waals surface area (Å²) in [7, 11) is 0. The van der Waals surface area contributed by atoms with Gasteiger partial charge < -0.3 is 15.6 Å². The van der Waals surface area contributed by atoms with Gasteiger partial charge in [-0.05, 0) is 31.9 Å². The van der Waals surface area contributed by atoms with E-state index in [0.717, 1.165) is 32.5 Å². The Labute approximate surface area is 119 Å². The van der Waals surface area contributed by atoms with Crippen molar-refractivity contribution in [1.82, 2.24) is 15.2 Å². The molecule has 2 heterocycles. The van der Waals surface area contributed by atoms with E-state index in [1.165, 1.54) is 6.42 Å². The van der Waals surface area contributed by atoms with Gasteiger partial charge in [0, 0.05) is 25.3 Å². The lowest BCUT2D eigenvalue weighted by Gasteiger charge is -2.32. The van der Waals surface area contributed by atoms with E-state index in [-0.39, 0.29) is 11.9 Å². The van der Waals surface area contributed by atoms with Crippen LogP contribution in [0.1, 0.15) is 36.5 Å². The summed E-state index contributed by atoms with van der Waals surface area (Å²) in [5, 5.41) is 3.08. The van der Waals surface area contributed by atoms with E-state index in [1.807, 2.05) is 0 Å². The minimum absolute atomic E-state index is 0.0886. The van der Waals surface area contributed by atoms with Crippen molar-refractivity contribution >= 4 is 11.6 Å². The van der Waals surface area contributed by atoms with E-state index in [1.54, 1.807) is 18.5 Å². The van der Waals surface area contributed by atoms with Gasteiger partial charge in [0.1, 0.15) is 0 Å². The number of hydrogen-bond donors (Lipinski definition) is 3. The molecule has 0 spiro atoms. The van der Waals surface area contributed by atoms with Crippen LogP contribution < -0.4 is 16.6 Å². The van der Waals surface area contributed by atoms with Gasteiger partial charge in [-0.2, -0.15) is 0 Å². The number of nitrogens with zero attached hydrogens (tertiary/aromatic N) is 2. The smallest absolute Gasteiger partial charge is 0.253 e. The van der Waals surface area contributed by atoms with Crippen molar-refractivity contribution in [3.63, 3.8) is 0 Å². The van der Waals surface area contributed by atoms with Gasteiger partial charge in [-0.1, -0.05) is 6.92 Å². The van der Waals surface area contributed by atoms with E-state index in [2.05, 4.69) is 27.6 Å². The molecule has 0 atom stereocenters. The first kappa shape index (κ1) is 14.7. The van der Waals surface area contributed by atoms with Crippen LogP contribution in [0.15, 0.2) is 18.5 Å². The lowest BCUT2D eigenvalue weighted by molar-refractivity contribution is 0.0912. The van der Waals surface area contributed by atoms with E-state index < -0.39 is 0 Å². The molecule has 20 heavy (non-hydrogen) atoms. The Morgan fingerprint density at radius 3 is 2.90 bits per heavy atom. The number of nitrogens with two attached hydrogens (primary N) is 1. The predicted molar refractivity (Wildman–Crippen MR) is 79.3 cm³/mol. The maximum absolute atomic E-state index is 12.3. The highest BCUT2D eigenvalue weighted by Crippen LogP contribution is 2.15. The molecule has 1 fully saturated rings. The maximum atomic E-state index is 12.3. The van der Waals surface area contributed by atoms with Crippen molar-refractivity contribution in [3.8, 4) is 0 Å². The number of aromatic nitrogens is 1. The van der Waals surface area contributed by atoms with Crippen molar-refractivity contribution in [2.24, 2.45) is 5.84 Å². The highest BCUT2D eigenvalue weighted by molar-refractivity contribution is 5.99. The summed E-state index contributed by atoms with van der Waals surface area (Å²) in [6.45, 7) is 5.44. The number of hydrogen-bond acceptors (Lipinski definition) is 5. The van der Waals surface area contributed by atoms with Crippen LogP contribution in [0.3, 0.4) is 0 Å². The average molecular weight is 277 g/mol.